The van der Waals surface area contributed by atoms with Gasteiger partial charge in [-0.1, -0.05) is 0 Å². The van der Waals surface area contributed by atoms with E-state index in [0.717, 1.165) is 12.2 Å². The van der Waals surface area contributed by atoms with Crippen LogP contribution < -0.4 is 0 Å². The normalized spacial score (nSPS) is 22.0. The van der Waals surface area contributed by atoms with Gasteiger partial charge in [0.15, 0.2) is 0 Å². The first kappa shape index (κ1) is 14.8. The SMILES string of the molecule is Cc1cc(C(=O)N2CCCC(O)(Cc3nncn3C)C2)co1. The number of likely N-dealkylation sites (tertiary alicyclic amines) is 1. The van der Waals surface area contributed by atoms with Crippen LogP contribution in [0.5, 0.6) is 0 Å². The number of hydrogen-bond donors (Lipinski definition) is 1. The second-order valence-electron chi connectivity index (χ2n) is 6.04. The maximum Gasteiger partial charge on any atom is 0.257 e. The van der Waals surface area contributed by atoms with Gasteiger partial charge in [-0.05, 0) is 25.8 Å². The lowest BCUT2D eigenvalue weighted by molar-refractivity contribution is -0.0258. The standard InChI is InChI=1S/C15H20N4O3/c1-11-6-12(8-22-11)14(20)19-5-3-4-15(21,9-19)7-13-17-16-10-18(13)2/h6,8,10,21H,3-5,7,9H2,1-2H3. The van der Waals surface area contributed by atoms with Crippen molar-refractivity contribution >= 4 is 5.91 Å². The number of amides is 1. The Labute approximate surface area is 128 Å². The van der Waals surface area contributed by atoms with Gasteiger partial charge in [-0.15, -0.1) is 10.2 Å². The van der Waals surface area contributed by atoms with E-state index in [1.54, 1.807) is 28.8 Å². The molecule has 1 saturated heterocycles. The van der Waals surface area contributed by atoms with Crippen LogP contribution in [0, 0.1) is 6.92 Å². The van der Waals surface area contributed by atoms with Crippen LogP contribution in [-0.4, -0.2) is 49.4 Å². The number of rotatable bonds is 3. The first-order valence-corrected chi connectivity index (χ1v) is 7.36. The molecule has 7 nitrogen and oxygen atoms in total. The molecular formula is C15H20N4O3. The van der Waals surface area contributed by atoms with Crippen LogP contribution in [0.4, 0.5) is 0 Å². The predicted octanol–water partition coefficient (Wildman–Crippen LogP) is 0.926. The molecule has 0 spiro atoms. The quantitative estimate of drug-likeness (QED) is 0.911. The fraction of sp³-hybridized carbons (Fsp3) is 0.533. The third-order valence-corrected chi connectivity index (χ3v) is 4.11. The smallest absolute Gasteiger partial charge is 0.257 e. The van der Waals surface area contributed by atoms with E-state index >= 15 is 0 Å². The molecule has 1 atom stereocenters. The lowest BCUT2D eigenvalue weighted by Gasteiger charge is -2.38. The van der Waals surface area contributed by atoms with Crippen molar-refractivity contribution in [1.29, 1.82) is 0 Å². The van der Waals surface area contributed by atoms with Gasteiger partial charge >= 0.3 is 0 Å². The summed E-state index contributed by atoms with van der Waals surface area (Å²) in [6, 6.07) is 1.72. The number of β-amino-alcohol motifs (C(OH)–C–C–N with tert-alkyl or cyclic N) is 1. The molecule has 3 rings (SSSR count). The zero-order valence-corrected chi connectivity index (χ0v) is 12.8. The molecule has 0 aromatic carbocycles. The Morgan fingerprint density at radius 3 is 3.00 bits per heavy atom. The minimum atomic E-state index is -0.965. The van der Waals surface area contributed by atoms with Crippen LogP contribution in [0.3, 0.4) is 0 Å². The van der Waals surface area contributed by atoms with Gasteiger partial charge < -0.3 is 19.0 Å². The van der Waals surface area contributed by atoms with Crippen molar-refractivity contribution in [2.45, 2.75) is 31.8 Å². The van der Waals surface area contributed by atoms with E-state index in [1.165, 1.54) is 6.26 Å². The number of aromatic nitrogens is 3. The fourth-order valence-corrected chi connectivity index (χ4v) is 2.93. The third-order valence-electron chi connectivity index (χ3n) is 4.11. The van der Waals surface area contributed by atoms with Crippen LogP contribution >= 0.6 is 0 Å². The Hall–Kier alpha value is -2.15. The maximum atomic E-state index is 12.5. The highest BCUT2D eigenvalue weighted by molar-refractivity contribution is 5.94. The molecule has 1 aliphatic rings. The first-order chi connectivity index (χ1) is 10.5. The Kier molecular flexibility index (Phi) is 3.74. The molecule has 118 valence electrons. The molecular weight excluding hydrogens is 284 g/mol. The Morgan fingerprint density at radius 2 is 2.36 bits per heavy atom. The molecule has 0 radical (unpaired) electrons. The molecule has 7 heteroatoms. The summed E-state index contributed by atoms with van der Waals surface area (Å²) in [5, 5.41) is 18.7. The minimum absolute atomic E-state index is 0.104. The molecule has 0 saturated carbocycles. The Balaban J connectivity index is 1.73. The topological polar surface area (TPSA) is 84.4 Å². The average Bonchev–Trinajstić information content (AvgIpc) is 3.07. The first-order valence-electron chi connectivity index (χ1n) is 7.36. The number of furan rings is 1. The van der Waals surface area contributed by atoms with Gasteiger partial charge in [0, 0.05) is 20.0 Å². The second-order valence-corrected chi connectivity index (χ2v) is 6.04. The van der Waals surface area contributed by atoms with Crippen molar-refractivity contribution in [3.05, 3.63) is 35.8 Å². The number of hydrogen-bond acceptors (Lipinski definition) is 5. The average molecular weight is 304 g/mol. The highest BCUT2D eigenvalue weighted by Gasteiger charge is 2.37. The van der Waals surface area contributed by atoms with Crippen molar-refractivity contribution < 1.29 is 14.3 Å². The molecule has 1 N–H and O–H groups in total. The van der Waals surface area contributed by atoms with Gasteiger partial charge in [-0.2, -0.15) is 0 Å². The van der Waals surface area contributed by atoms with Crippen molar-refractivity contribution in [1.82, 2.24) is 19.7 Å². The van der Waals surface area contributed by atoms with E-state index < -0.39 is 5.60 Å². The zero-order valence-electron chi connectivity index (χ0n) is 12.8. The summed E-state index contributed by atoms with van der Waals surface area (Å²) in [4.78, 5) is 14.2. The lowest BCUT2D eigenvalue weighted by atomic mass is 9.89. The van der Waals surface area contributed by atoms with E-state index in [2.05, 4.69) is 10.2 Å². The summed E-state index contributed by atoms with van der Waals surface area (Å²) < 4.78 is 6.99. The molecule has 1 amide bonds. The molecule has 1 fully saturated rings. The van der Waals surface area contributed by atoms with E-state index in [1.807, 2.05) is 7.05 Å². The van der Waals surface area contributed by atoms with Crippen LogP contribution in [0.25, 0.3) is 0 Å². The van der Waals surface area contributed by atoms with Gasteiger partial charge in [0.25, 0.3) is 5.91 Å². The molecule has 3 heterocycles. The molecule has 1 aliphatic heterocycles. The summed E-state index contributed by atoms with van der Waals surface area (Å²) >= 11 is 0. The molecule has 22 heavy (non-hydrogen) atoms. The van der Waals surface area contributed by atoms with Crippen molar-refractivity contribution in [2.24, 2.45) is 7.05 Å². The second kappa shape index (κ2) is 5.57. The van der Waals surface area contributed by atoms with Crippen LogP contribution in [0.15, 0.2) is 23.1 Å². The number of carbonyl (C=O) groups excluding carboxylic acids is 1. The van der Waals surface area contributed by atoms with Gasteiger partial charge in [0.1, 0.15) is 24.2 Å². The number of aryl methyl sites for hydroxylation is 2. The largest absolute Gasteiger partial charge is 0.469 e. The summed E-state index contributed by atoms with van der Waals surface area (Å²) in [6.07, 6.45) is 4.87. The predicted molar refractivity (Wildman–Crippen MR) is 78.2 cm³/mol. The molecule has 2 aromatic heterocycles. The maximum absolute atomic E-state index is 12.5. The summed E-state index contributed by atoms with van der Waals surface area (Å²) in [5.74, 6) is 1.32. The lowest BCUT2D eigenvalue weighted by Crippen LogP contribution is -2.51. The highest BCUT2D eigenvalue weighted by Crippen LogP contribution is 2.26. The molecule has 2 aromatic rings. The minimum Gasteiger partial charge on any atom is -0.469 e. The summed E-state index contributed by atoms with van der Waals surface area (Å²) in [7, 11) is 1.85. The van der Waals surface area contributed by atoms with Crippen molar-refractivity contribution in [2.75, 3.05) is 13.1 Å². The van der Waals surface area contributed by atoms with Gasteiger partial charge in [0.2, 0.25) is 0 Å². The fourth-order valence-electron chi connectivity index (χ4n) is 2.93. The monoisotopic (exact) mass is 304 g/mol. The molecule has 1 unspecified atom stereocenters. The summed E-state index contributed by atoms with van der Waals surface area (Å²) in [5.41, 5.74) is -0.437. The van der Waals surface area contributed by atoms with E-state index in [9.17, 15) is 9.90 Å². The summed E-state index contributed by atoms with van der Waals surface area (Å²) in [6.45, 7) is 2.74. The van der Waals surface area contributed by atoms with E-state index in [0.29, 0.717) is 37.3 Å². The van der Waals surface area contributed by atoms with Crippen LogP contribution in [-0.2, 0) is 13.5 Å². The molecule has 0 bridgehead atoms. The van der Waals surface area contributed by atoms with E-state index in [4.69, 9.17) is 4.42 Å². The van der Waals surface area contributed by atoms with Gasteiger partial charge in [0.05, 0.1) is 17.7 Å². The van der Waals surface area contributed by atoms with Crippen LogP contribution in [0.1, 0.15) is 34.8 Å². The Bertz CT molecular complexity index is 678. The van der Waals surface area contributed by atoms with Gasteiger partial charge in [-0.3, -0.25) is 4.79 Å². The third kappa shape index (κ3) is 2.89. The van der Waals surface area contributed by atoms with Crippen LogP contribution in [0.2, 0.25) is 0 Å². The van der Waals surface area contributed by atoms with Crippen molar-refractivity contribution in [3.8, 4) is 0 Å². The Morgan fingerprint density at radius 1 is 1.55 bits per heavy atom. The number of nitrogens with zero attached hydrogens (tertiary/aromatic N) is 4. The van der Waals surface area contributed by atoms with E-state index in [-0.39, 0.29) is 5.91 Å². The highest BCUT2D eigenvalue weighted by atomic mass is 16.3. The van der Waals surface area contributed by atoms with Crippen molar-refractivity contribution in [3.63, 3.8) is 0 Å². The number of piperidine rings is 1. The van der Waals surface area contributed by atoms with Gasteiger partial charge in [-0.25, -0.2) is 0 Å². The number of carbonyl (C=O) groups is 1. The molecule has 0 aliphatic carbocycles. The number of aliphatic hydroxyl groups is 1. The zero-order chi connectivity index (χ0) is 15.7.